The normalized spacial score (nSPS) is 11.0. The number of furan rings is 1. The Kier molecular flexibility index (Phi) is 4.81. The summed E-state index contributed by atoms with van der Waals surface area (Å²) in [6, 6.07) is 19.7. The molecule has 2 heterocycles. The Morgan fingerprint density at radius 2 is 1.89 bits per heavy atom. The summed E-state index contributed by atoms with van der Waals surface area (Å²) >= 11 is 3.21. The van der Waals surface area contributed by atoms with Crippen LogP contribution in [0.2, 0.25) is 0 Å². The molecule has 0 saturated carbocycles. The van der Waals surface area contributed by atoms with Crippen molar-refractivity contribution >= 4 is 32.9 Å². The lowest BCUT2D eigenvalue weighted by Crippen LogP contribution is -2.27. The van der Waals surface area contributed by atoms with Crippen LogP contribution >= 0.6 is 15.9 Å². The summed E-state index contributed by atoms with van der Waals surface area (Å²) in [7, 11) is 0. The molecule has 1 amide bonds. The summed E-state index contributed by atoms with van der Waals surface area (Å²) in [5, 5.41) is 2.90. The molecule has 0 unspecified atom stereocenters. The molecule has 4 aromatic rings. The predicted octanol–water partition coefficient (Wildman–Crippen LogP) is 4.80. The fraction of sp³-hybridized carbons (Fsp3) is 0.143. The molecular weight excluding hydrogens is 406 g/mol. The van der Waals surface area contributed by atoms with Gasteiger partial charge in [0.15, 0.2) is 10.4 Å². The third-order valence-corrected chi connectivity index (χ3v) is 4.81. The van der Waals surface area contributed by atoms with Gasteiger partial charge in [0, 0.05) is 18.7 Å². The van der Waals surface area contributed by atoms with Gasteiger partial charge in [-0.25, -0.2) is 4.98 Å². The van der Waals surface area contributed by atoms with Crippen LogP contribution in [0.4, 0.5) is 0 Å². The number of carbonyl (C=O) groups is 1. The molecule has 27 heavy (non-hydrogen) atoms. The summed E-state index contributed by atoms with van der Waals surface area (Å²) in [5.74, 6) is 0.948. The maximum atomic E-state index is 12.2. The van der Waals surface area contributed by atoms with Crippen LogP contribution in [-0.2, 0) is 6.54 Å². The molecule has 0 aliphatic heterocycles. The number of para-hydroxylation sites is 2. The van der Waals surface area contributed by atoms with Gasteiger partial charge in [0.2, 0.25) is 0 Å². The molecule has 0 aliphatic carbocycles. The smallest absolute Gasteiger partial charge is 0.287 e. The monoisotopic (exact) mass is 423 g/mol. The van der Waals surface area contributed by atoms with E-state index in [1.54, 1.807) is 12.1 Å². The quantitative estimate of drug-likeness (QED) is 0.501. The molecule has 136 valence electrons. The van der Waals surface area contributed by atoms with E-state index in [9.17, 15) is 4.79 Å². The van der Waals surface area contributed by atoms with Gasteiger partial charge in [-0.1, -0.05) is 42.0 Å². The lowest BCUT2D eigenvalue weighted by Gasteiger charge is -2.10. The molecule has 0 spiro atoms. The van der Waals surface area contributed by atoms with Gasteiger partial charge >= 0.3 is 0 Å². The van der Waals surface area contributed by atoms with E-state index in [1.165, 1.54) is 5.56 Å². The standard InChI is InChI=1S/C21H18BrN3O2/c1-14-6-8-15(9-7-14)20-24-16-4-2-3-5-17(16)25(20)13-12-23-21(26)18-10-11-19(22)27-18/h2-11H,12-13H2,1H3,(H,23,26). The largest absolute Gasteiger partial charge is 0.444 e. The maximum Gasteiger partial charge on any atom is 0.287 e. The number of nitrogens with one attached hydrogen (secondary N) is 1. The minimum absolute atomic E-state index is 0.234. The first-order chi connectivity index (χ1) is 13.1. The average molecular weight is 424 g/mol. The second-order valence-corrected chi connectivity index (χ2v) is 7.08. The minimum Gasteiger partial charge on any atom is -0.444 e. The van der Waals surface area contributed by atoms with Crippen molar-refractivity contribution in [3.05, 3.63) is 76.7 Å². The van der Waals surface area contributed by atoms with Gasteiger partial charge in [-0.15, -0.1) is 0 Å². The van der Waals surface area contributed by atoms with E-state index >= 15 is 0 Å². The minimum atomic E-state index is -0.234. The number of aryl methyl sites for hydroxylation is 1. The summed E-state index contributed by atoms with van der Waals surface area (Å²) in [4.78, 5) is 17.0. The first-order valence-corrected chi connectivity index (χ1v) is 9.47. The van der Waals surface area contributed by atoms with Gasteiger partial charge in [-0.05, 0) is 47.1 Å². The molecule has 0 radical (unpaired) electrons. The number of halogens is 1. The third kappa shape index (κ3) is 3.66. The van der Waals surface area contributed by atoms with E-state index in [4.69, 9.17) is 9.40 Å². The molecule has 2 aromatic heterocycles. The predicted molar refractivity (Wildman–Crippen MR) is 109 cm³/mol. The zero-order chi connectivity index (χ0) is 18.8. The van der Waals surface area contributed by atoms with E-state index in [0.717, 1.165) is 22.4 Å². The Bertz CT molecular complexity index is 1100. The van der Waals surface area contributed by atoms with Gasteiger partial charge in [0.1, 0.15) is 5.82 Å². The zero-order valence-electron chi connectivity index (χ0n) is 14.8. The number of fused-ring (bicyclic) bond motifs is 1. The van der Waals surface area contributed by atoms with Crippen LogP contribution in [0.5, 0.6) is 0 Å². The van der Waals surface area contributed by atoms with Crippen LogP contribution in [-0.4, -0.2) is 22.0 Å². The molecule has 0 saturated heterocycles. The van der Waals surface area contributed by atoms with Crippen molar-refractivity contribution in [2.75, 3.05) is 6.54 Å². The van der Waals surface area contributed by atoms with Crippen LogP contribution in [0.1, 0.15) is 16.1 Å². The molecule has 0 aliphatic rings. The van der Waals surface area contributed by atoms with Crippen LogP contribution in [0.25, 0.3) is 22.4 Å². The highest BCUT2D eigenvalue weighted by Gasteiger charge is 2.14. The van der Waals surface area contributed by atoms with Crippen LogP contribution < -0.4 is 5.32 Å². The Labute approximate surface area is 165 Å². The Balaban J connectivity index is 1.59. The van der Waals surface area contributed by atoms with Crippen LogP contribution in [0, 0.1) is 6.92 Å². The van der Waals surface area contributed by atoms with Gasteiger partial charge < -0.3 is 14.3 Å². The maximum absolute atomic E-state index is 12.2. The highest BCUT2D eigenvalue weighted by molar-refractivity contribution is 9.10. The van der Waals surface area contributed by atoms with E-state index in [-0.39, 0.29) is 11.7 Å². The van der Waals surface area contributed by atoms with E-state index in [0.29, 0.717) is 17.8 Å². The number of rotatable bonds is 5. The zero-order valence-corrected chi connectivity index (χ0v) is 16.4. The topological polar surface area (TPSA) is 60.1 Å². The number of amides is 1. The number of carbonyl (C=O) groups excluding carboxylic acids is 1. The van der Waals surface area contributed by atoms with Crippen molar-refractivity contribution < 1.29 is 9.21 Å². The molecule has 1 N–H and O–H groups in total. The van der Waals surface area contributed by atoms with Crippen LogP contribution in [0.15, 0.2) is 69.8 Å². The fourth-order valence-electron chi connectivity index (χ4n) is 3.03. The number of nitrogens with zero attached hydrogens (tertiary/aromatic N) is 2. The Hall–Kier alpha value is -2.86. The van der Waals surface area contributed by atoms with Gasteiger partial charge in [-0.2, -0.15) is 0 Å². The van der Waals surface area contributed by atoms with E-state index < -0.39 is 0 Å². The molecule has 0 bridgehead atoms. The lowest BCUT2D eigenvalue weighted by atomic mass is 10.1. The fourth-order valence-corrected chi connectivity index (χ4v) is 3.34. The van der Waals surface area contributed by atoms with Gasteiger partial charge in [0.05, 0.1) is 11.0 Å². The van der Waals surface area contributed by atoms with Crippen LogP contribution in [0.3, 0.4) is 0 Å². The first-order valence-electron chi connectivity index (χ1n) is 8.67. The number of hydrogen-bond donors (Lipinski definition) is 1. The molecule has 6 heteroatoms. The number of imidazole rings is 1. The van der Waals surface area contributed by atoms with Crippen molar-refractivity contribution in [2.45, 2.75) is 13.5 Å². The number of hydrogen-bond acceptors (Lipinski definition) is 3. The van der Waals surface area contributed by atoms with Gasteiger partial charge in [-0.3, -0.25) is 4.79 Å². The molecule has 4 rings (SSSR count). The van der Waals surface area contributed by atoms with Crippen molar-refractivity contribution in [3.8, 4) is 11.4 Å². The van der Waals surface area contributed by atoms with Crippen molar-refractivity contribution in [1.29, 1.82) is 0 Å². The third-order valence-electron chi connectivity index (χ3n) is 4.38. The van der Waals surface area contributed by atoms with Gasteiger partial charge in [0.25, 0.3) is 5.91 Å². The molecule has 0 fully saturated rings. The van der Waals surface area contributed by atoms with Crippen molar-refractivity contribution in [3.63, 3.8) is 0 Å². The highest BCUT2D eigenvalue weighted by atomic mass is 79.9. The Morgan fingerprint density at radius 1 is 1.11 bits per heavy atom. The summed E-state index contributed by atoms with van der Waals surface area (Å²) in [6.45, 7) is 3.14. The second kappa shape index (κ2) is 7.40. The summed E-state index contributed by atoms with van der Waals surface area (Å²) < 4.78 is 7.97. The number of aromatic nitrogens is 2. The highest BCUT2D eigenvalue weighted by Crippen LogP contribution is 2.25. The van der Waals surface area contributed by atoms with Crippen molar-refractivity contribution in [2.24, 2.45) is 0 Å². The lowest BCUT2D eigenvalue weighted by molar-refractivity contribution is 0.0923. The number of benzene rings is 2. The average Bonchev–Trinajstić information content (AvgIpc) is 3.26. The molecular formula is C21H18BrN3O2. The summed E-state index contributed by atoms with van der Waals surface area (Å²) in [5.41, 5.74) is 4.24. The van der Waals surface area contributed by atoms with E-state index in [2.05, 4.69) is 57.0 Å². The SMILES string of the molecule is Cc1ccc(-c2nc3ccccc3n2CCNC(=O)c2ccc(Br)o2)cc1. The first kappa shape index (κ1) is 17.5. The van der Waals surface area contributed by atoms with E-state index in [1.807, 2.05) is 24.3 Å². The molecule has 2 aromatic carbocycles. The molecule has 0 atom stereocenters. The summed E-state index contributed by atoms with van der Waals surface area (Å²) in [6.07, 6.45) is 0. The second-order valence-electron chi connectivity index (χ2n) is 6.30. The molecule has 5 nitrogen and oxygen atoms in total. The Morgan fingerprint density at radius 3 is 2.63 bits per heavy atom. The van der Waals surface area contributed by atoms with Crippen molar-refractivity contribution in [1.82, 2.24) is 14.9 Å².